The SMILES string of the molecule is COc1ccc(NC(=O)CNC(=O)CN(Cc2ccc(F)cc2)C(=O)c2cccc(C)c2)cc1. The van der Waals surface area contributed by atoms with E-state index in [9.17, 15) is 18.8 Å². The zero-order valence-corrected chi connectivity index (χ0v) is 19.0. The zero-order valence-electron chi connectivity index (χ0n) is 19.0. The van der Waals surface area contributed by atoms with Crippen LogP contribution in [0.3, 0.4) is 0 Å². The van der Waals surface area contributed by atoms with E-state index in [1.807, 2.05) is 13.0 Å². The highest BCUT2D eigenvalue weighted by Gasteiger charge is 2.20. The molecule has 0 heterocycles. The summed E-state index contributed by atoms with van der Waals surface area (Å²) in [7, 11) is 1.55. The Kier molecular flexibility index (Phi) is 8.34. The Labute approximate surface area is 197 Å². The number of ether oxygens (including phenoxy) is 1. The highest BCUT2D eigenvalue weighted by Crippen LogP contribution is 2.15. The van der Waals surface area contributed by atoms with Crippen molar-refractivity contribution in [3.63, 3.8) is 0 Å². The quantitative estimate of drug-likeness (QED) is 0.508. The van der Waals surface area contributed by atoms with Crippen LogP contribution in [-0.2, 0) is 16.1 Å². The zero-order chi connectivity index (χ0) is 24.5. The van der Waals surface area contributed by atoms with Gasteiger partial charge in [-0.3, -0.25) is 14.4 Å². The predicted octanol–water partition coefficient (Wildman–Crippen LogP) is 3.54. The molecule has 0 aliphatic heterocycles. The average molecular weight is 464 g/mol. The lowest BCUT2D eigenvalue weighted by Crippen LogP contribution is -2.42. The number of methoxy groups -OCH3 is 1. The summed E-state index contributed by atoms with van der Waals surface area (Å²) in [5.41, 5.74) is 2.58. The number of nitrogens with zero attached hydrogens (tertiary/aromatic N) is 1. The first-order chi connectivity index (χ1) is 16.3. The summed E-state index contributed by atoms with van der Waals surface area (Å²) < 4.78 is 18.4. The molecule has 0 saturated carbocycles. The minimum Gasteiger partial charge on any atom is -0.497 e. The molecular formula is C26H26FN3O4. The molecular weight excluding hydrogens is 437 g/mol. The predicted molar refractivity (Wildman–Crippen MR) is 127 cm³/mol. The topological polar surface area (TPSA) is 87.7 Å². The van der Waals surface area contributed by atoms with Crippen LogP contribution in [0, 0.1) is 12.7 Å². The molecule has 2 N–H and O–H groups in total. The average Bonchev–Trinajstić information content (AvgIpc) is 2.83. The number of benzene rings is 3. The lowest BCUT2D eigenvalue weighted by Gasteiger charge is -2.23. The van der Waals surface area contributed by atoms with Gasteiger partial charge in [0.2, 0.25) is 11.8 Å². The first-order valence-electron chi connectivity index (χ1n) is 10.6. The van der Waals surface area contributed by atoms with Crippen LogP contribution in [0.15, 0.2) is 72.8 Å². The van der Waals surface area contributed by atoms with Crippen molar-refractivity contribution in [1.82, 2.24) is 10.2 Å². The van der Waals surface area contributed by atoms with Gasteiger partial charge in [0.1, 0.15) is 18.1 Å². The van der Waals surface area contributed by atoms with Gasteiger partial charge in [-0.2, -0.15) is 0 Å². The summed E-state index contributed by atoms with van der Waals surface area (Å²) in [6, 6.07) is 19.6. The van der Waals surface area contributed by atoms with E-state index < -0.39 is 11.8 Å². The van der Waals surface area contributed by atoms with Crippen molar-refractivity contribution < 1.29 is 23.5 Å². The molecule has 34 heavy (non-hydrogen) atoms. The lowest BCUT2D eigenvalue weighted by atomic mass is 10.1. The van der Waals surface area contributed by atoms with E-state index in [0.717, 1.165) is 5.56 Å². The minimum atomic E-state index is -0.493. The Morgan fingerprint density at radius 1 is 0.941 bits per heavy atom. The number of amides is 3. The maximum absolute atomic E-state index is 13.3. The smallest absolute Gasteiger partial charge is 0.254 e. The van der Waals surface area contributed by atoms with Crippen LogP contribution in [0.1, 0.15) is 21.5 Å². The van der Waals surface area contributed by atoms with Crippen molar-refractivity contribution in [2.24, 2.45) is 0 Å². The number of nitrogens with one attached hydrogen (secondary N) is 2. The molecule has 0 bridgehead atoms. The Balaban J connectivity index is 1.63. The molecule has 7 nitrogen and oxygen atoms in total. The molecule has 0 radical (unpaired) electrons. The molecule has 8 heteroatoms. The van der Waals surface area contributed by atoms with Gasteiger partial charge in [-0.1, -0.05) is 29.8 Å². The van der Waals surface area contributed by atoms with Crippen molar-refractivity contribution in [3.05, 3.63) is 95.3 Å². The summed E-state index contributed by atoms with van der Waals surface area (Å²) in [6.45, 7) is 1.46. The molecule has 176 valence electrons. The first-order valence-corrected chi connectivity index (χ1v) is 10.6. The van der Waals surface area contributed by atoms with Crippen molar-refractivity contribution in [1.29, 1.82) is 0 Å². The Bertz CT molecular complexity index is 1150. The van der Waals surface area contributed by atoms with Gasteiger partial charge in [0.25, 0.3) is 5.91 Å². The number of rotatable bonds is 9. The van der Waals surface area contributed by atoms with Crippen molar-refractivity contribution in [2.75, 3.05) is 25.5 Å². The third-order valence-electron chi connectivity index (χ3n) is 4.99. The van der Waals surface area contributed by atoms with Crippen LogP contribution in [0.5, 0.6) is 5.75 Å². The molecule has 0 fully saturated rings. The number of anilines is 1. The fourth-order valence-electron chi connectivity index (χ4n) is 3.26. The second-order valence-electron chi connectivity index (χ2n) is 7.71. The van der Waals surface area contributed by atoms with E-state index in [2.05, 4.69) is 10.6 Å². The fourth-order valence-corrected chi connectivity index (χ4v) is 3.26. The Morgan fingerprint density at radius 2 is 1.65 bits per heavy atom. The minimum absolute atomic E-state index is 0.110. The first kappa shape index (κ1) is 24.4. The molecule has 0 atom stereocenters. The van der Waals surface area contributed by atoms with E-state index in [1.165, 1.54) is 17.0 Å². The van der Waals surface area contributed by atoms with Gasteiger partial charge < -0.3 is 20.3 Å². The van der Waals surface area contributed by atoms with E-state index in [1.54, 1.807) is 61.7 Å². The second-order valence-corrected chi connectivity index (χ2v) is 7.71. The van der Waals surface area contributed by atoms with Crippen molar-refractivity contribution >= 4 is 23.4 Å². The summed E-state index contributed by atoms with van der Waals surface area (Å²) in [4.78, 5) is 39.3. The second kappa shape index (κ2) is 11.6. The molecule has 0 aliphatic rings. The number of halogens is 1. The molecule has 0 unspecified atom stereocenters. The van der Waals surface area contributed by atoms with Crippen molar-refractivity contribution in [3.8, 4) is 5.75 Å². The third kappa shape index (κ3) is 7.16. The van der Waals surface area contributed by atoms with Crippen LogP contribution in [-0.4, -0.2) is 42.8 Å². The van der Waals surface area contributed by atoms with Gasteiger partial charge in [-0.05, 0) is 61.0 Å². The molecule has 0 aromatic heterocycles. The van der Waals surface area contributed by atoms with Crippen LogP contribution in [0.4, 0.5) is 10.1 Å². The van der Waals surface area contributed by atoms with Crippen LogP contribution in [0.2, 0.25) is 0 Å². The van der Waals surface area contributed by atoms with E-state index in [0.29, 0.717) is 22.6 Å². The number of aryl methyl sites for hydroxylation is 1. The van der Waals surface area contributed by atoms with E-state index in [4.69, 9.17) is 4.74 Å². The highest BCUT2D eigenvalue weighted by molar-refractivity contribution is 5.98. The number of hydrogen-bond acceptors (Lipinski definition) is 4. The molecule has 0 saturated heterocycles. The Hall–Kier alpha value is -4.20. The highest BCUT2D eigenvalue weighted by atomic mass is 19.1. The summed E-state index contributed by atoms with van der Waals surface area (Å²) in [6.07, 6.45) is 0. The van der Waals surface area contributed by atoms with Gasteiger partial charge in [0.15, 0.2) is 0 Å². The monoisotopic (exact) mass is 463 g/mol. The van der Waals surface area contributed by atoms with Gasteiger partial charge in [-0.25, -0.2) is 4.39 Å². The third-order valence-corrected chi connectivity index (χ3v) is 4.99. The largest absolute Gasteiger partial charge is 0.497 e. The summed E-state index contributed by atoms with van der Waals surface area (Å²) in [5, 5.41) is 5.22. The molecule has 0 aliphatic carbocycles. The van der Waals surface area contributed by atoms with E-state index in [-0.39, 0.29) is 31.4 Å². The normalized spacial score (nSPS) is 10.3. The Morgan fingerprint density at radius 3 is 2.29 bits per heavy atom. The standard InChI is InChI=1S/C26H26FN3O4/c1-18-4-3-5-20(14-18)26(33)30(16-19-6-8-21(27)9-7-19)17-25(32)28-15-24(31)29-22-10-12-23(34-2)13-11-22/h3-14H,15-17H2,1-2H3,(H,28,32)(H,29,31). The molecule has 0 spiro atoms. The molecule has 3 rings (SSSR count). The molecule has 3 aromatic rings. The van der Waals surface area contributed by atoms with Gasteiger partial charge in [-0.15, -0.1) is 0 Å². The van der Waals surface area contributed by atoms with Crippen molar-refractivity contribution in [2.45, 2.75) is 13.5 Å². The summed E-state index contributed by atoms with van der Waals surface area (Å²) in [5.74, 6) is -0.973. The molecule has 3 amide bonds. The van der Waals surface area contributed by atoms with Crippen LogP contribution in [0.25, 0.3) is 0 Å². The number of carbonyl (C=O) groups excluding carboxylic acids is 3. The lowest BCUT2D eigenvalue weighted by molar-refractivity contribution is -0.124. The summed E-state index contributed by atoms with van der Waals surface area (Å²) >= 11 is 0. The maximum atomic E-state index is 13.3. The van der Waals surface area contributed by atoms with Crippen LogP contribution < -0.4 is 15.4 Å². The molecule has 3 aromatic carbocycles. The van der Waals surface area contributed by atoms with Gasteiger partial charge in [0.05, 0.1) is 13.7 Å². The van der Waals surface area contributed by atoms with Gasteiger partial charge >= 0.3 is 0 Å². The van der Waals surface area contributed by atoms with E-state index >= 15 is 0 Å². The van der Waals surface area contributed by atoms with Crippen LogP contribution >= 0.6 is 0 Å². The van der Waals surface area contributed by atoms with Gasteiger partial charge in [0, 0.05) is 17.8 Å². The number of hydrogen-bond donors (Lipinski definition) is 2. The fraction of sp³-hybridized carbons (Fsp3) is 0.192. The maximum Gasteiger partial charge on any atom is 0.254 e. The number of carbonyl (C=O) groups is 3.